The Balaban J connectivity index is 1.49. The number of furan rings is 1. The van der Waals surface area contributed by atoms with Gasteiger partial charge in [-0.15, -0.1) is 0 Å². The first-order valence-electron chi connectivity index (χ1n) is 8.56. The molecule has 1 saturated heterocycles. The van der Waals surface area contributed by atoms with Crippen molar-refractivity contribution in [3.05, 3.63) is 54.0 Å². The Labute approximate surface area is 144 Å². The number of hydrogen-bond donors (Lipinski definition) is 1. The molecule has 1 aromatic heterocycles. The standard InChI is InChI=1S/C19H26N4O/c1-16-5-3-6-17(15-16)22-10-12-23(13-11-22)19(20-2)21-9-8-18-7-4-14-24-18/h3-7,14-15H,8-13H2,1-2H3,(H,20,21). The van der Waals surface area contributed by atoms with E-state index in [0.717, 1.165) is 50.9 Å². The van der Waals surface area contributed by atoms with Crippen LogP contribution in [0.5, 0.6) is 0 Å². The molecule has 0 spiro atoms. The summed E-state index contributed by atoms with van der Waals surface area (Å²) in [5.41, 5.74) is 2.63. The molecule has 1 aromatic carbocycles. The maximum Gasteiger partial charge on any atom is 0.193 e. The Morgan fingerprint density at radius 3 is 2.67 bits per heavy atom. The molecule has 128 valence electrons. The lowest BCUT2D eigenvalue weighted by molar-refractivity contribution is 0.372. The highest BCUT2D eigenvalue weighted by Crippen LogP contribution is 2.17. The zero-order valence-electron chi connectivity index (χ0n) is 14.5. The number of benzene rings is 1. The summed E-state index contributed by atoms with van der Waals surface area (Å²) in [6, 6.07) is 12.7. The van der Waals surface area contributed by atoms with Gasteiger partial charge in [0.25, 0.3) is 0 Å². The zero-order valence-corrected chi connectivity index (χ0v) is 14.5. The highest BCUT2D eigenvalue weighted by Gasteiger charge is 2.19. The number of aryl methyl sites for hydroxylation is 1. The number of rotatable bonds is 4. The van der Waals surface area contributed by atoms with Gasteiger partial charge in [0.15, 0.2) is 5.96 Å². The summed E-state index contributed by atoms with van der Waals surface area (Å²) in [6.45, 7) is 6.97. The molecule has 5 nitrogen and oxygen atoms in total. The molecule has 0 amide bonds. The molecule has 1 fully saturated rings. The maximum absolute atomic E-state index is 5.37. The van der Waals surface area contributed by atoms with E-state index in [1.807, 2.05) is 19.2 Å². The molecule has 24 heavy (non-hydrogen) atoms. The van der Waals surface area contributed by atoms with Crippen LogP contribution in [0.4, 0.5) is 5.69 Å². The van der Waals surface area contributed by atoms with Crippen LogP contribution < -0.4 is 10.2 Å². The van der Waals surface area contributed by atoms with Gasteiger partial charge in [-0.3, -0.25) is 4.99 Å². The SMILES string of the molecule is CN=C(NCCc1ccco1)N1CCN(c2cccc(C)c2)CC1. The lowest BCUT2D eigenvalue weighted by Crippen LogP contribution is -2.52. The molecule has 0 radical (unpaired) electrons. The normalized spacial score (nSPS) is 15.7. The molecule has 2 heterocycles. The average Bonchev–Trinajstić information content (AvgIpc) is 3.12. The summed E-state index contributed by atoms with van der Waals surface area (Å²) in [6.07, 6.45) is 2.59. The Morgan fingerprint density at radius 2 is 2.00 bits per heavy atom. The van der Waals surface area contributed by atoms with Gasteiger partial charge in [0.1, 0.15) is 5.76 Å². The first-order valence-corrected chi connectivity index (χ1v) is 8.56. The van der Waals surface area contributed by atoms with Gasteiger partial charge in [0, 0.05) is 51.9 Å². The van der Waals surface area contributed by atoms with E-state index in [-0.39, 0.29) is 0 Å². The van der Waals surface area contributed by atoms with E-state index in [1.165, 1.54) is 11.3 Å². The number of hydrogen-bond acceptors (Lipinski definition) is 3. The van der Waals surface area contributed by atoms with Crippen molar-refractivity contribution in [1.82, 2.24) is 10.2 Å². The van der Waals surface area contributed by atoms with Crippen molar-refractivity contribution in [1.29, 1.82) is 0 Å². The van der Waals surface area contributed by atoms with Crippen LogP contribution in [0.2, 0.25) is 0 Å². The van der Waals surface area contributed by atoms with Crippen molar-refractivity contribution >= 4 is 11.6 Å². The van der Waals surface area contributed by atoms with Crippen molar-refractivity contribution in [2.24, 2.45) is 4.99 Å². The molecule has 2 aromatic rings. The lowest BCUT2D eigenvalue weighted by Gasteiger charge is -2.37. The van der Waals surface area contributed by atoms with E-state index < -0.39 is 0 Å². The minimum atomic E-state index is 0.832. The van der Waals surface area contributed by atoms with Crippen LogP contribution in [-0.2, 0) is 6.42 Å². The Morgan fingerprint density at radius 1 is 1.17 bits per heavy atom. The summed E-state index contributed by atoms with van der Waals surface area (Å²) in [4.78, 5) is 9.20. The molecule has 0 aliphatic carbocycles. The molecular weight excluding hydrogens is 300 g/mol. The Bertz CT molecular complexity index is 658. The van der Waals surface area contributed by atoms with Crippen LogP contribution in [-0.4, -0.2) is 50.6 Å². The van der Waals surface area contributed by atoms with Gasteiger partial charge in [-0.25, -0.2) is 0 Å². The Kier molecular flexibility index (Phi) is 5.41. The van der Waals surface area contributed by atoms with Gasteiger partial charge in [-0.05, 0) is 36.8 Å². The van der Waals surface area contributed by atoms with Gasteiger partial charge in [-0.2, -0.15) is 0 Å². The van der Waals surface area contributed by atoms with Gasteiger partial charge in [0.2, 0.25) is 0 Å². The molecule has 3 rings (SSSR count). The number of piperazine rings is 1. The third-order valence-corrected chi connectivity index (χ3v) is 4.39. The second kappa shape index (κ2) is 7.90. The van der Waals surface area contributed by atoms with Crippen LogP contribution in [0.1, 0.15) is 11.3 Å². The van der Waals surface area contributed by atoms with Crippen LogP contribution in [0, 0.1) is 6.92 Å². The van der Waals surface area contributed by atoms with Crippen molar-refractivity contribution in [3.63, 3.8) is 0 Å². The second-order valence-electron chi connectivity index (χ2n) is 6.12. The van der Waals surface area contributed by atoms with E-state index in [0.29, 0.717) is 0 Å². The zero-order chi connectivity index (χ0) is 16.8. The molecule has 1 aliphatic rings. The summed E-state index contributed by atoms with van der Waals surface area (Å²) < 4.78 is 5.37. The maximum atomic E-state index is 5.37. The summed E-state index contributed by atoms with van der Waals surface area (Å²) in [5, 5.41) is 3.44. The number of nitrogens with one attached hydrogen (secondary N) is 1. The van der Waals surface area contributed by atoms with Crippen molar-refractivity contribution in [3.8, 4) is 0 Å². The highest BCUT2D eigenvalue weighted by molar-refractivity contribution is 5.80. The summed E-state index contributed by atoms with van der Waals surface area (Å²) >= 11 is 0. The van der Waals surface area contributed by atoms with E-state index in [1.54, 1.807) is 6.26 Å². The average molecular weight is 326 g/mol. The van der Waals surface area contributed by atoms with Crippen LogP contribution in [0.15, 0.2) is 52.1 Å². The first kappa shape index (κ1) is 16.4. The quantitative estimate of drug-likeness (QED) is 0.693. The van der Waals surface area contributed by atoms with Crippen LogP contribution >= 0.6 is 0 Å². The van der Waals surface area contributed by atoms with Crippen molar-refractivity contribution in [2.75, 3.05) is 44.7 Å². The molecule has 1 aliphatic heterocycles. The summed E-state index contributed by atoms with van der Waals surface area (Å²) in [5.74, 6) is 1.98. The fourth-order valence-electron chi connectivity index (χ4n) is 3.09. The van der Waals surface area contributed by atoms with Crippen LogP contribution in [0.25, 0.3) is 0 Å². The molecule has 1 N–H and O–H groups in total. The number of nitrogens with zero attached hydrogens (tertiary/aromatic N) is 3. The third kappa shape index (κ3) is 4.10. The molecule has 0 atom stereocenters. The fourth-order valence-corrected chi connectivity index (χ4v) is 3.09. The summed E-state index contributed by atoms with van der Waals surface area (Å²) in [7, 11) is 1.85. The Hall–Kier alpha value is -2.43. The van der Waals surface area contributed by atoms with Gasteiger partial charge < -0.3 is 19.5 Å². The lowest BCUT2D eigenvalue weighted by atomic mass is 10.2. The van der Waals surface area contributed by atoms with E-state index >= 15 is 0 Å². The number of guanidine groups is 1. The molecule has 5 heteroatoms. The first-order chi connectivity index (χ1) is 11.8. The van der Waals surface area contributed by atoms with Gasteiger partial charge in [-0.1, -0.05) is 12.1 Å². The number of aliphatic imine (C=N–C) groups is 1. The van der Waals surface area contributed by atoms with Crippen molar-refractivity contribution < 1.29 is 4.42 Å². The smallest absolute Gasteiger partial charge is 0.193 e. The predicted molar refractivity (Wildman–Crippen MR) is 98.7 cm³/mol. The van der Waals surface area contributed by atoms with E-state index in [2.05, 4.69) is 51.3 Å². The van der Waals surface area contributed by atoms with E-state index in [4.69, 9.17) is 4.42 Å². The van der Waals surface area contributed by atoms with E-state index in [9.17, 15) is 0 Å². The van der Waals surface area contributed by atoms with Gasteiger partial charge >= 0.3 is 0 Å². The third-order valence-electron chi connectivity index (χ3n) is 4.39. The molecular formula is C19H26N4O. The fraction of sp³-hybridized carbons (Fsp3) is 0.421. The number of anilines is 1. The highest BCUT2D eigenvalue weighted by atomic mass is 16.3. The largest absolute Gasteiger partial charge is 0.469 e. The molecule has 0 unspecified atom stereocenters. The topological polar surface area (TPSA) is 44.0 Å². The van der Waals surface area contributed by atoms with Gasteiger partial charge in [0.05, 0.1) is 6.26 Å². The minimum absolute atomic E-state index is 0.832. The van der Waals surface area contributed by atoms with Crippen LogP contribution in [0.3, 0.4) is 0 Å². The second-order valence-corrected chi connectivity index (χ2v) is 6.12. The molecule has 0 bridgehead atoms. The van der Waals surface area contributed by atoms with Crippen molar-refractivity contribution in [2.45, 2.75) is 13.3 Å². The minimum Gasteiger partial charge on any atom is -0.469 e. The predicted octanol–water partition coefficient (Wildman–Crippen LogP) is 2.53. The monoisotopic (exact) mass is 326 g/mol. The molecule has 0 saturated carbocycles.